The summed E-state index contributed by atoms with van der Waals surface area (Å²) >= 11 is 0. The minimum Gasteiger partial charge on any atom is -0.481 e. The highest BCUT2D eigenvalue weighted by atomic mass is 16.4. The molecule has 0 amide bonds. The van der Waals surface area contributed by atoms with Crippen LogP contribution in [-0.4, -0.2) is 53.1 Å². The van der Waals surface area contributed by atoms with Crippen LogP contribution >= 0.6 is 0 Å². The molecule has 2 atom stereocenters. The minimum atomic E-state index is -0.604. The highest BCUT2D eigenvalue weighted by Crippen LogP contribution is 2.28. The van der Waals surface area contributed by atoms with E-state index in [9.17, 15) is 9.90 Å². The van der Waals surface area contributed by atoms with Gasteiger partial charge in [0.05, 0.1) is 5.92 Å². The highest BCUT2D eigenvalue weighted by Gasteiger charge is 2.31. The Hall–Kier alpha value is -1.39. The summed E-state index contributed by atoms with van der Waals surface area (Å²) in [6, 6.07) is 11.1. The van der Waals surface area contributed by atoms with Crippen LogP contribution in [0.1, 0.15) is 31.2 Å². The number of benzene rings is 1. The summed E-state index contributed by atoms with van der Waals surface area (Å²) in [6.45, 7) is 5.34. The van der Waals surface area contributed by atoms with Gasteiger partial charge in [-0.3, -0.25) is 14.6 Å². The number of carboxylic acids is 1. The first-order valence-corrected chi connectivity index (χ1v) is 8.45. The van der Waals surface area contributed by atoms with E-state index < -0.39 is 5.97 Å². The summed E-state index contributed by atoms with van der Waals surface area (Å²) in [5, 5.41) is 9.23. The van der Waals surface area contributed by atoms with E-state index >= 15 is 0 Å². The van der Waals surface area contributed by atoms with Crippen LogP contribution in [0.25, 0.3) is 0 Å². The van der Waals surface area contributed by atoms with E-state index in [2.05, 4.69) is 40.1 Å². The lowest BCUT2D eigenvalue weighted by atomic mass is 9.85. The smallest absolute Gasteiger partial charge is 0.306 e. The van der Waals surface area contributed by atoms with Crippen molar-refractivity contribution < 1.29 is 9.90 Å². The fraction of sp³-hybridized carbons (Fsp3) is 0.611. The van der Waals surface area contributed by atoms with Gasteiger partial charge in [0.1, 0.15) is 0 Å². The zero-order valence-corrected chi connectivity index (χ0v) is 13.2. The molecule has 0 aromatic heterocycles. The third-order valence-corrected chi connectivity index (χ3v) is 5.17. The molecule has 1 saturated carbocycles. The van der Waals surface area contributed by atoms with Crippen molar-refractivity contribution in [2.24, 2.45) is 5.92 Å². The van der Waals surface area contributed by atoms with E-state index in [0.717, 1.165) is 52.0 Å². The monoisotopic (exact) mass is 302 g/mol. The molecule has 1 aliphatic heterocycles. The maximum absolute atomic E-state index is 11.2. The Labute approximate surface area is 132 Å². The molecule has 2 unspecified atom stereocenters. The number of rotatable bonds is 4. The molecule has 1 aromatic carbocycles. The second-order valence-electron chi connectivity index (χ2n) is 6.65. The van der Waals surface area contributed by atoms with E-state index in [1.807, 2.05) is 0 Å². The van der Waals surface area contributed by atoms with E-state index in [-0.39, 0.29) is 5.92 Å². The summed E-state index contributed by atoms with van der Waals surface area (Å²) in [5.41, 5.74) is 1.37. The molecule has 22 heavy (non-hydrogen) atoms. The molecule has 1 N–H and O–H groups in total. The number of hydrogen-bond acceptors (Lipinski definition) is 3. The molecule has 2 aliphatic rings. The van der Waals surface area contributed by atoms with Crippen LogP contribution in [0.5, 0.6) is 0 Å². The molecule has 4 nitrogen and oxygen atoms in total. The first kappa shape index (κ1) is 15.5. The Morgan fingerprint density at radius 2 is 1.82 bits per heavy atom. The van der Waals surface area contributed by atoms with Crippen molar-refractivity contribution in [2.45, 2.75) is 38.3 Å². The van der Waals surface area contributed by atoms with E-state index in [1.165, 1.54) is 12.0 Å². The standard InChI is InChI=1S/C18H26N2O2/c21-18(22)16-7-4-8-17(13-16)20-11-9-19(10-12-20)14-15-5-2-1-3-6-15/h1-3,5-6,16-17H,4,7-14H2,(H,21,22). The number of aliphatic carboxylic acids is 1. The predicted molar refractivity (Wildman–Crippen MR) is 86.7 cm³/mol. The summed E-state index contributed by atoms with van der Waals surface area (Å²) in [4.78, 5) is 16.2. The normalized spacial score (nSPS) is 27.6. The van der Waals surface area contributed by atoms with Crippen LogP contribution in [0.3, 0.4) is 0 Å². The second kappa shape index (κ2) is 7.25. The Balaban J connectivity index is 1.48. The van der Waals surface area contributed by atoms with Gasteiger partial charge < -0.3 is 5.11 Å². The fourth-order valence-corrected chi connectivity index (χ4v) is 3.85. The maximum Gasteiger partial charge on any atom is 0.306 e. The fourth-order valence-electron chi connectivity index (χ4n) is 3.85. The van der Waals surface area contributed by atoms with Gasteiger partial charge in [-0.2, -0.15) is 0 Å². The predicted octanol–water partition coefficient (Wildman–Crippen LogP) is 2.45. The maximum atomic E-state index is 11.2. The number of nitrogens with zero attached hydrogens (tertiary/aromatic N) is 2. The Morgan fingerprint density at radius 1 is 1.09 bits per heavy atom. The molecule has 0 bridgehead atoms. The summed E-state index contributed by atoms with van der Waals surface area (Å²) in [5.74, 6) is -0.728. The van der Waals surface area contributed by atoms with Crippen LogP contribution in [0.15, 0.2) is 30.3 Å². The van der Waals surface area contributed by atoms with Gasteiger partial charge in [-0.1, -0.05) is 36.8 Å². The molecular weight excluding hydrogens is 276 g/mol. The lowest BCUT2D eigenvalue weighted by molar-refractivity contribution is -0.143. The highest BCUT2D eigenvalue weighted by molar-refractivity contribution is 5.70. The third-order valence-electron chi connectivity index (χ3n) is 5.17. The van der Waals surface area contributed by atoms with Crippen molar-refractivity contribution in [1.29, 1.82) is 0 Å². The van der Waals surface area contributed by atoms with Gasteiger partial charge in [-0.15, -0.1) is 0 Å². The average Bonchev–Trinajstić information content (AvgIpc) is 2.56. The Morgan fingerprint density at radius 3 is 2.50 bits per heavy atom. The number of carboxylic acid groups (broad SMARTS) is 1. The molecule has 120 valence electrons. The molecule has 1 aromatic rings. The quantitative estimate of drug-likeness (QED) is 0.928. The Kier molecular flexibility index (Phi) is 5.11. The molecule has 2 fully saturated rings. The number of hydrogen-bond donors (Lipinski definition) is 1. The largest absolute Gasteiger partial charge is 0.481 e. The number of carbonyl (C=O) groups is 1. The summed E-state index contributed by atoms with van der Waals surface area (Å²) < 4.78 is 0. The van der Waals surface area contributed by atoms with Gasteiger partial charge in [0.15, 0.2) is 0 Å². The van der Waals surface area contributed by atoms with Gasteiger partial charge in [-0.05, 0) is 24.8 Å². The molecule has 1 saturated heterocycles. The molecule has 4 heteroatoms. The Bertz CT molecular complexity index is 483. The SMILES string of the molecule is O=C(O)C1CCCC(N2CCN(Cc3ccccc3)CC2)C1. The van der Waals surface area contributed by atoms with Crippen molar-refractivity contribution in [3.05, 3.63) is 35.9 Å². The van der Waals surface area contributed by atoms with Gasteiger partial charge >= 0.3 is 5.97 Å². The van der Waals surface area contributed by atoms with Crippen molar-refractivity contribution >= 4 is 5.97 Å². The second-order valence-corrected chi connectivity index (χ2v) is 6.65. The number of piperazine rings is 1. The third kappa shape index (κ3) is 3.87. The molecular formula is C18H26N2O2. The molecule has 1 heterocycles. The van der Waals surface area contributed by atoms with Crippen LogP contribution in [-0.2, 0) is 11.3 Å². The van der Waals surface area contributed by atoms with Crippen LogP contribution in [0.4, 0.5) is 0 Å². The topological polar surface area (TPSA) is 43.8 Å². The first-order valence-electron chi connectivity index (χ1n) is 8.45. The molecule has 0 spiro atoms. The van der Waals surface area contributed by atoms with Crippen molar-refractivity contribution in [2.75, 3.05) is 26.2 Å². The van der Waals surface area contributed by atoms with E-state index in [1.54, 1.807) is 0 Å². The lowest BCUT2D eigenvalue weighted by Gasteiger charge is -2.41. The molecule has 3 rings (SSSR count). The van der Waals surface area contributed by atoms with Crippen LogP contribution < -0.4 is 0 Å². The van der Waals surface area contributed by atoms with Crippen LogP contribution in [0.2, 0.25) is 0 Å². The molecule has 0 radical (unpaired) electrons. The summed E-state index contributed by atoms with van der Waals surface area (Å²) in [7, 11) is 0. The van der Waals surface area contributed by atoms with Gasteiger partial charge in [-0.25, -0.2) is 0 Å². The zero-order valence-electron chi connectivity index (χ0n) is 13.2. The first-order chi connectivity index (χ1) is 10.7. The van der Waals surface area contributed by atoms with Gasteiger partial charge in [0.25, 0.3) is 0 Å². The van der Waals surface area contributed by atoms with E-state index in [0.29, 0.717) is 6.04 Å². The minimum absolute atomic E-state index is 0.124. The van der Waals surface area contributed by atoms with Crippen molar-refractivity contribution in [3.8, 4) is 0 Å². The van der Waals surface area contributed by atoms with E-state index in [4.69, 9.17) is 0 Å². The summed E-state index contributed by atoms with van der Waals surface area (Å²) in [6.07, 6.45) is 3.93. The molecule has 1 aliphatic carbocycles. The van der Waals surface area contributed by atoms with Crippen molar-refractivity contribution in [3.63, 3.8) is 0 Å². The van der Waals surface area contributed by atoms with Crippen molar-refractivity contribution in [1.82, 2.24) is 9.80 Å². The van der Waals surface area contributed by atoms with Gasteiger partial charge in [0.2, 0.25) is 0 Å². The van der Waals surface area contributed by atoms with Gasteiger partial charge in [0, 0.05) is 38.8 Å². The lowest BCUT2D eigenvalue weighted by Crippen LogP contribution is -2.51. The van der Waals surface area contributed by atoms with Crippen LogP contribution in [0, 0.1) is 5.92 Å². The zero-order chi connectivity index (χ0) is 15.4. The average molecular weight is 302 g/mol.